The Morgan fingerprint density at radius 3 is 2.24 bits per heavy atom. The first-order valence-corrected chi connectivity index (χ1v) is 8.91. The van der Waals surface area contributed by atoms with Gasteiger partial charge in [-0.25, -0.2) is 0 Å². The molecule has 2 aromatic carbocycles. The van der Waals surface area contributed by atoms with Crippen molar-refractivity contribution in [2.45, 2.75) is 37.8 Å². The maximum Gasteiger partial charge on any atom is 0.122 e. The number of rotatable bonds is 7. The van der Waals surface area contributed by atoms with Gasteiger partial charge in [-0.3, -0.25) is 0 Å². The van der Waals surface area contributed by atoms with Crippen molar-refractivity contribution < 1.29 is 14.6 Å². The van der Waals surface area contributed by atoms with Gasteiger partial charge < -0.3 is 19.9 Å². The van der Waals surface area contributed by atoms with E-state index in [4.69, 9.17) is 9.47 Å². The monoisotopic (exact) mass is 341 g/mol. The zero-order chi connectivity index (χ0) is 17.6. The van der Waals surface area contributed by atoms with Crippen LogP contribution in [0.2, 0.25) is 0 Å². The van der Waals surface area contributed by atoms with Gasteiger partial charge in [0.15, 0.2) is 0 Å². The van der Waals surface area contributed by atoms with Crippen molar-refractivity contribution >= 4 is 0 Å². The van der Waals surface area contributed by atoms with E-state index in [-0.39, 0.29) is 6.04 Å². The van der Waals surface area contributed by atoms with Crippen molar-refractivity contribution in [3.63, 3.8) is 0 Å². The van der Waals surface area contributed by atoms with E-state index in [2.05, 4.69) is 29.6 Å². The Kier molecular flexibility index (Phi) is 5.95. The second-order valence-corrected chi connectivity index (χ2v) is 6.55. The molecule has 4 heteroatoms. The molecule has 0 spiro atoms. The Hall–Kier alpha value is -2.04. The highest BCUT2D eigenvalue weighted by atomic mass is 16.5. The number of aliphatic hydroxyl groups is 1. The molecule has 0 unspecified atom stereocenters. The summed E-state index contributed by atoms with van der Waals surface area (Å²) in [6, 6.07) is 14.4. The second kappa shape index (κ2) is 8.37. The SMILES string of the molecule is COc1ccc(OC)c2c1C[C@H](NCCCc1ccccc1)[C@@H](O)C2. The lowest BCUT2D eigenvalue weighted by Gasteiger charge is -2.32. The molecule has 0 aromatic heterocycles. The molecule has 2 atom stereocenters. The lowest BCUT2D eigenvalue weighted by atomic mass is 9.85. The van der Waals surface area contributed by atoms with E-state index in [0.29, 0.717) is 6.42 Å². The molecule has 1 aliphatic rings. The van der Waals surface area contributed by atoms with Crippen LogP contribution >= 0.6 is 0 Å². The van der Waals surface area contributed by atoms with Crippen LogP contribution in [-0.4, -0.2) is 38.0 Å². The zero-order valence-electron chi connectivity index (χ0n) is 15.0. The summed E-state index contributed by atoms with van der Waals surface area (Å²) in [6.45, 7) is 0.887. The number of aliphatic hydroxyl groups excluding tert-OH is 1. The highest BCUT2D eigenvalue weighted by Crippen LogP contribution is 2.36. The van der Waals surface area contributed by atoms with Crippen LogP contribution in [0.4, 0.5) is 0 Å². The van der Waals surface area contributed by atoms with E-state index >= 15 is 0 Å². The van der Waals surface area contributed by atoms with Gasteiger partial charge in [0.25, 0.3) is 0 Å². The normalized spacial score (nSPS) is 19.3. The first-order valence-electron chi connectivity index (χ1n) is 8.91. The molecule has 1 aliphatic carbocycles. The number of aryl methyl sites for hydroxylation is 1. The Morgan fingerprint density at radius 2 is 1.60 bits per heavy atom. The number of benzene rings is 2. The van der Waals surface area contributed by atoms with Gasteiger partial charge in [0.1, 0.15) is 11.5 Å². The van der Waals surface area contributed by atoms with Crippen molar-refractivity contribution in [3.8, 4) is 11.5 Å². The van der Waals surface area contributed by atoms with Crippen LogP contribution in [0.1, 0.15) is 23.1 Å². The maximum atomic E-state index is 10.6. The third kappa shape index (κ3) is 4.14. The minimum absolute atomic E-state index is 0.0456. The van der Waals surface area contributed by atoms with Crippen LogP contribution in [-0.2, 0) is 19.3 Å². The average Bonchev–Trinajstić information content (AvgIpc) is 2.65. The second-order valence-electron chi connectivity index (χ2n) is 6.55. The van der Waals surface area contributed by atoms with Gasteiger partial charge in [-0.05, 0) is 43.5 Å². The fourth-order valence-electron chi connectivity index (χ4n) is 3.62. The number of methoxy groups -OCH3 is 2. The summed E-state index contributed by atoms with van der Waals surface area (Å²) >= 11 is 0. The topological polar surface area (TPSA) is 50.7 Å². The fraction of sp³-hybridized carbons (Fsp3) is 0.429. The highest BCUT2D eigenvalue weighted by molar-refractivity contribution is 5.51. The molecule has 134 valence electrons. The van der Waals surface area contributed by atoms with E-state index < -0.39 is 6.10 Å². The molecule has 0 amide bonds. The van der Waals surface area contributed by atoms with Crippen LogP contribution in [0.25, 0.3) is 0 Å². The molecule has 0 saturated carbocycles. The molecule has 0 aliphatic heterocycles. The summed E-state index contributed by atoms with van der Waals surface area (Å²) in [5.74, 6) is 1.70. The van der Waals surface area contributed by atoms with Crippen LogP contribution in [0, 0.1) is 0 Å². The lowest BCUT2D eigenvalue weighted by molar-refractivity contribution is 0.117. The van der Waals surface area contributed by atoms with E-state index in [1.807, 2.05) is 18.2 Å². The number of nitrogens with one attached hydrogen (secondary N) is 1. The van der Waals surface area contributed by atoms with E-state index in [1.165, 1.54) is 5.56 Å². The van der Waals surface area contributed by atoms with Crippen molar-refractivity contribution in [1.29, 1.82) is 0 Å². The molecule has 2 N–H and O–H groups in total. The molecular formula is C21H27NO3. The maximum absolute atomic E-state index is 10.6. The van der Waals surface area contributed by atoms with Gasteiger partial charge in [-0.1, -0.05) is 30.3 Å². The molecule has 0 bridgehead atoms. The highest BCUT2D eigenvalue weighted by Gasteiger charge is 2.30. The summed E-state index contributed by atoms with van der Waals surface area (Å²) in [6.07, 6.45) is 3.03. The van der Waals surface area contributed by atoms with E-state index in [9.17, 15) is 5.11 Å². The Balaban J connectivity index is 1.61. The first kappa shape index (κ1) is 17.8. The summed E-state index contributed by atoms with van der Waals surface area (Å²) in [5, 5.41) is 14.1. The smallest absolute Gasteiger partial charge is 0.122 e. The average molecular weight is 341 g/mol. The van der Waals surface area contributed by atoms with Gasteiger partial charge in [-0.15, -0.1) is 0 Å². The molecule has 0 fully saturated rings. The van der Waals surface area contributed by atoms with Crippen LogP contribution in [0.15, 0.2) is 42.5 Å². The number of ether oxygens (including phenoxy) is 2. The van der Waals surface area contributed by atoms with Gasteiger partial charge in [-0.2, -0.15) is 0 Å². The molecule has 0 heterocycles. The third-order valence-corrected chi connectivity index (χ3v) is 4.98. The van der Waals surface area contributed by atoms with Gasteiger partial charge in [0, 0.05) is 23.6 Å². The fourth-order valence-corrected chi connectivity index (χ4v) is 3.62. The van der Waals surface area contributed by atoms with Crippen LogP contribution in [0.3, 0.4) is 0 Å². The third-order valence-electron chi connectivity index (χ3n) is 4.98. The first-order chi connectivity index (χ1) is 12.2. The molecule has 0 radical (unpaired) electrons. The van der Waals surface area contributed by atoms with E-state index in [1.54, 1.807) is 14.2 Å². The minimum Gasteiger partial charge on any atom is -0.496 e. The van der Waals surface area contributed by atoms with Crippen molar-refractivity contribution in [2.75, 3.05) is 20.8 Å². The molecule has 2 aromatic rings. The predicted octanol–water partition coefficient (Wildman–Crippen LogP) is 2.75. The molecule has 4 nitrogen and oxygen atoms in total. The van der Waals surface area contributed by atoms with Crippen molar-refractivity contribution in [1.82, 2.24) is 5.32 Å². The van der Waals surface area contributed by atoms with Gasteiger partial charge in [0.05, 0.1) is 20.3 Å². The molecule has 0 saturated heterocycles. The summed E-state index contributed by atoms with van der Waals surface area (Å²) < 4.78 is 11.0. The Bertz CT molecular complexity index is 687. The Morgan fingerprint density at radius 1 is 0.960 bits per heavy atom. The number of hydrogen-bond acceptors (Lipinski definition) is 4. The van der Waals surface area contributed by atoms with Gasteiger partial charge >= 0.3 is 0 Å². The predicted molar refractivity (Wildman–Crippen MR) is 99.5 cm³/mol. The quantitative estimate of drug-likeness (QED) is 0.761. The largest absolute Gasteiger partial charge is 0.496 e. The number of fused-ring (bicyclic) bond motifs is 1. The van der Waals surface area contributed by atoms with Crippen molar-refractivity contribution in [2.24, 2.45) is 0 Å². The van der Waals surface area contributed by atoms with Crippen LogP contribution in [0.5, 0.6) is 11.5 Å². The molecule has 25 heavy (non-hydrogen) atoms. The lowest BCUT2D eigenvalue weighted by Crippen LogP contribution is -2.46. The Labute approximate surface area is 149 Å². The standard InChI is InChI=1S/C21H27NO3/c1-24-20-10-11-21(25-2)17-14-19(23)18(13-16(17)20)22-12-6-9-15-7-4-3-5-8-15/h3-5,7-8,10-11,18-19,22-23H,6,9,12-14H2,1-2H3/t18-,19-/m0/s1. The summed E-state index contributed by atoms with van der Waals surface area (Å²) in [7, 11) is 3.36. The van der Waals surface area contributed by atoms with Crippen molar-refractivity contribution in [3.05, 3.63) is 59.2 Å². The summed E-state index contributed by atoms with van der Waals surface area (Å²) in [5.41, 5.74) is 3.56. The minimum atomic E-state index is -0.412. The zero-order valence-corrected chi connectivity index (χ0v) is 15.0. The van der Waals surface area contributed by atoms with E-state index in [0.717, 1.165) is 48.4 Å². The summed E-state index contributed by atoms with van der Waals surface area (Å²) in [4.78, 5) is 0. The molecular weight excluding hydrogens is 314 g/mol. The molecule has 3 rings (SSSR count). The van der Waals surface area contributed by atoms with Gasteiger partial charge in [0.2, 0.25) is 0 Å². The number of hydrogen-bond donors (Lipinski definition) is 2. The van der Waals surface area contributed by atoms with Crippen LogP contribution < -0.4 is 14.8 Å².